The van der Waals surface area contributed by atoms with Gasteiger partial charge in [0.1, 0.15) is 17.6 Å². The molecule has 2 aromatic carbocycles. The number of anilines is 1. The van der Waals surface area contributed by atoms with Crippen molar-refractivity contribution in [2.45, 2.75) is 32.7 Å². The van der Waals surface area contributed by atoms with Gasteiger partial charge < -0.3 is 15.2 Å². The van der Waals surface area contributed by atoms with Gasteiger partial charge in [0, 0.05) is 23.9 Å². The van der Waals surface area contributed by atoms with E-state index in [0.717, 1.165) is 11.4 Å². The molecule has 6 nitrogen and oxygen atoms in total. The molecule has 3 rings (SSSR count). The minimum absolute atomic E-state index is 0.281. The van der Waals surface area contributed by atoms with Crippen LogP contribution >= 0.6 is 0 Å². The molecule has 1 heterocycles. The van der Waals surface area contributed by atoms with Crippen molar-refractivity contribution < 1.29 is 14.6 Å². The predicted octanol–water partition coefficient (Wildman–Crippen LogP) is 4.91. The molecular formula is C25H25N3O3. The lowest BCUT2D eigenvalue weighted by Gasteiger charge is -2.24. The zero-order valence-corrected chi connectivity index (χ0v) is 18.1. The molecule has 0 saturated heterocycles. The number of carboxylic acids is 1. The number of aliphatic carboxylic acids is 1. The third-order valence-corrected chi connectivity index (χ3v) is 5.27. The zero-order valence-electron chi connectivity index (χ0n) is 18.1. The first-order chi connectivity index (χ1) is 14.8. The highest BCUT2D eigenvalue weighted by atomic mass is 16.5. The molecule has 158 valence electrons. The van der Waals surface area contributed by atoms with Crippen LogP contribution in [0.5, 0.6) is 5.75 Å². The number of hydrogen-bond acceptors (Lipinski definition) is 5. The van der Waals surface area contributed by atoms with Gasteiger partial charge >= 0.3 is 5.97 Å². The molecule has 6 heteroatoms. The number of pyridine rings is 1. The molecule has 0 fully saturated rings. The summed E-state index contributed by atoms with van der Waals surface area (Å²) in [5.41, 5.74) is 3.36. The molecule has 0 spiro atoms. The second kappa shape index (κ2) is 8.88. The second-order valence-corrected chi connectivity index (χ2v) is 7.92. The van der Waals surface area contributed by atoms with Gasteiger partial charge in [0.05, 0.1) is 18.1 Å². The summed E-state index contributed by atoms with van der Waals surface area (Å²) < 4.78 is 5.38. The van der Waals surface area contributed by atoms with Crippen LogP contribution in [0.4, 0.5) is 5.82 Å². The first-order valence-corrected chi connectivity index (χ1v) is 9.88. The van der Waals surface area contributed by atoms with E-state index in [1.54, 1.807) is 32.2 Å². The van der Waals surface area contributed by atoms with Crippen molar-refractivity contribution in [3.8, 4) is 22.9 Å². The van der Waals surface area contributed by atoms with E-state index in [1.807, 2.05) is 18.2 Å². The van der Waals surface area contributed by atoms with Gasteiger partial charge in [0.25, 0.3) is 0 Å². The van der Waals surface area contributed by atoms with Gasteiger partial charge in [-0.2, -0.15) is 5.26 Å². The Morgan fingerprint density at radius 2 is 1.97 bits per heavy atom. The van der Waals surface area contributed by atoms with E-state index in [4.69, 9.17) is 4.74 Å². The van der Waals surface area contributed by atoms with E-state index in [-0.39, 0.29) is 11.3 Å². The highest BCUT2D eigenvalue weighted by Gasteiger charge is 2.34. The van der Waals surface area contributed by atoms with Crippen LogP contribution in [0.15, 0.2) is 54.7 Å². The lowest BCUT2D eigenvalue weighted by atomic mass is 9.81. The fourth-order valence-electron chi connectivity index (χ4n) is 3.36. The van der Waals surface area contributed by atoms with Crippen LogP contribution in [0.3, 0.4) is 0 Å². The van der Waals surface area contributed by atoms with Gasteiger partial charge in [-0.25, -0.2) is 4.98 Å². The van der Waals surface area contributed by atoms with Crippen LogP contribution in [-0.2, 0) is 16.8 Å². The molecule has 0 radical (unpaired) electrons. The largest absolute Gasteiger partial charge is 0.495 e. The number of methoxy groups -OCH3 is 1. The number of carbonyl (C=O) groups is 1. The van der Waals surface area contributed by atoms with Gasteiger partial charge in [-0.05, 0) is 56.2 Å². The molecule has 0 aliphatic rings. The van der Waals surface area contributed by atoms with E-state index in [9.17, 15) is 15.2 Å². The number of nitriles is 1. The van der Waals surface area contributed by atoms with Gasteiger partial charge in [-0.1, -0.05) is 29.8 Å². The number of nitrogens with zero attached hydrogens (tertiary/aromatic N) is 2. The molecule has 0 unspecified atom stereocenters. The summed E-state index contributed by atoms with van der Waals surface area (Å²) in [4.78, 5) is 16.3. The maximum Gasteiger partial charge on any atom is 0.313 e. The van der Waals surface area contributed by atoms with Gasteiger partial charge in [-0.15, -0.1) is 0 Å². The second-order valence-electron chi connectivity index (χ2n) is 7.92. The van der Waals surface area contributed by atoms with E-state index < -0.39 is 11.4 Å². The van der Waals surface area contributed by atoms with Crippen molar-refractivity contribution in [2.24, 2.45) is 0 Å². The normalized spacial score (nSPS) is 10.9. The monoisotopic (exact) mass is 415 g/mol. The molecule has 2 N–H and O–H groups in total. The molecule has 0 bridgehead atoms. The van der Waals surface area contributed by atoms with Crippen molar-refractivity contribution in [2.75, 3.05) is 12.4 Å². The predicted molar refractivity (Wildman–Crippen MR) is 120 cm³/mol. The van der Waals surface area contributed by atoms with Crippen molar-refractivity contribution >= 4 is 11.8 Å². The number of benzene rings is 2. The molecule has 0 saturated carbocycles. The van der Waals surface area contributed by atoms with Crippen LogP contribution in [0.25, 0.3) is 11.1 Å². The van der Waals surface area contributed by atoms with E-state index in [1.165, 1.54) is 18.2 Å². The summed E-state index contributed by atoms with van der Waals surface area (Å²) in [6, 6.07) is 17.6. The Kier molecular flexibility index (Phi) is 6.26. The van der Waals surface area contributed by atoms with Crippen molar-refractivity contribution in [3.05, 3.63) is 77.0 Å². The number of rotatable bonds is 7. The number of nitrogens with one attached hydrogen (secondary N) is 1. The Labute approximate surface area is 182 Å². The first kappa shape index (κ1) is 21.8. The summed E-state index contributed by atoms with van der Waals surface area (Å²) in [7, 11) is 1.44. The Morgan fingerprint density at radius 1 is 1.19 bits per heavy atom. The third kappa shape index (κ3) is 4.67. The summed E-state index contributed by atoms with van der Waals surface area (Å²) >= 11 is 0. The van der Waals surface area contributed by atoms with Crippen molar-refractivity contribution in [1.82, 2.24) is 4.98 Å². The minimum atomic E-state index is -1.23. The summed E-state index contributed by atoms with van der Waals surface area (Å²) in [6.45, 7) is 5.90. The highest BCUT2D eigenvalue weighted by molar-refractivity contribution is 5.83. The smallest absolute Gasteiger partial charge is 0.313 e. The fourth-order valence-corrected chi connectivity index (χ4v) is 3.36. The fraction of sp³-hybridized carbons (Fsp3) is 0.240. The Bertz CT molecular complexity index is 1150. The standard InChI is InChI=1S/C25H25N3O3/c1-16-6-5-7-17(10-16)14-27-22-9-8-18(15-28-22)19-11-20(13-26)23(31-4)21(12-19)25(2,3)24(29)30/h5-12,15H,14H2,1-4H3,(H,27,28)(H,29,30). The maximum absolute atomic E-state index is 11.8. The number of hydrogen-bond donors (Lipinski definition) is 2. The molecular weight excluding hydrogens is 390 g/mol. The zero-order chi connectivity index (χ0) is 22.6. The molecule has 3 aromatic rings. The van der Waals surface area contributed by atoms with Crippen LogP contribution in [0.1, 0.15) is 36.1 Å². The average molecular weight is 415 g/mol. The van der Waals surface area contributed by atoms with Crippen LogP contribution in [0, 0.1) is 18.3 Å². The lowest BCUT2D eigenvalue weighted by molar-refractivity contribution is -0.142. The number of aryl methyl sites for hydroxylation is 1. The van der Waals surface area contributed by atoms with Gasteiger partial charge in [0.15, 0.2) is 0 Å². The Morgan fingerprint density at radius 3 is 2.55 bits per heavy atom. The lowest BCUT2D eigenvalue weighted by Crippen LogP contribution is -2.29. The van der Waals surface area contributed by atoms with Crippen LogP contribution < -0.4 is 10.1 Å². The van der Waals surface area contributed by atoms with Crippen molar-refractivity contribution in [1.29, 1.82) is 5.26 Å². The van der Waals surface area contributed by atoms with Crippen molar-refractivity contribution in [3.63, 3.8) is 0 Å². The SMILES string of the molecule is COc1c(C#N)cc(-c2ccc(NCc3cccc(C)c3)nc2)cc1C(C)(C)C(=O)O. The Hall–Kier alpha value is -3.85. The van der Waals surface area contributed by atoms with Crippen LogP contribution in [-0.4, -0.2) is 23.2 Å². The molecule has 0 aliphatic heterocycles. The van der Waals surface area contributed by atoms with E-state index in [0.29, 0.717) is 17.7 Å². The van der Waals surface area contributed by atoms with Crippen LogP contribution in [0.2, 0.25) is 0 Å². The first-order valence-electron chi connectivity index (χ1n) is 9.88. The average Bonchev–Trinajstić information content (AvgIpc) is 2.77. The number of carboxylic acid groups (broad SMARTS) is 1. The molecule has 31 heavy (non-hydrogen) atoms. The molecule has 0 amide bonds. The van der Waals surface area contributed by atoms with Gasteiger partial charge in [-0.3, -0.25) is 4.79 Å². The quantitative estimate of drug-likeness (QED) is 0.569. The van der Waals surface area contributed by atoms with E-state index >= 15 is 0 Å². The van der Waals surface area contributed by atoms with Gasteiger partial charge in [0.2, 0.25) is 0 Å². The number of ether oxygens (including phenoxy) is 1. The summed E-state index contributed by atoms with van der Waals surface area (Å²) in [5, 5.41) is 22.6. The molecule has 0 atom stereocenters. The molecule has 1 aromatic heterocycles. The maximum atomic E-state index is 11.8. The Balaban J connectivity index is 1.92. The summed E-state index contributed by atoms with van der Waals surface area (Å²) in [6.07, 6.45) is 1.71. The molecule has 0 aliphatic carbocycles. The number of aromatic nitrogens is 1. The third-order valence-electron chi connectivity index (χ3n) is 5.27. The highest BCUT2D eigenvalue weighted by Crippen LogP contribution is 2.38. The minimum Gasteiger partial charge on any atom is -0.495 e. The topological polar surface area (TPSA) is 95.2 Å². The van der Waals surface area contributed by atoms with E-state index in [2.05, 4.69) is 41.5 Å². The summed E-state index contributed by atoms with van der Waals surface area (Å²) in [5.74, 6) is 0.00840.